The molecule has 1 unspecified atom stereocenters. The molecule has 7 nitrogen and oxygen atoms in total. The molecule has 2 bridgehead atoms. The fourth-order valence-electron chi connectivity index (χ4n) is 6.27. The van der Waals surface area contributed by atoms with Crippen molar-refractivity contribution in [1.82, 2.24) is 0 Å². The molecule has 0 N–H and O–H groups in total. The number of sulfone groups is 1. The lowest BCUT2D eigenvalue weighted by Crippen LogP contribution is -2.55. The van der Waals surface area contributed by atoms with Crippen molar-refractivity contribution >= 4 is 21.4 Å². The highest BCUT2D eigenvalue weighted by molar-refractivity contribution is 7.92. The minimum absolute atomic E-state index is 0.0318. The van der Waals surface area contributed by atoms with E-state index in [2.05, 4.69) is 0 Å². The molecule has 1 aromatic carbocycles. The van der Waals surface area contributed by atoms with Gasteiger partial charge in [-0.25, -0.2) is 8.42 Å². The van der Waals surface area contributed by atoms with Gasteiger partial charge in [-0.3, -0.25) is 9.69 Å². The van der Waals surface area contributed by atoms with Crippen molar-refractivity contribution < 1.29 is 35.9 Å². The Hall–Kier alpha value is -2.16. The smallest absolute Gasteiger partial charge is 0.366 e. The molecule has 0 saturated carbocycles. The fraction of sp³-hybridized carbons (Fsp3) is 0.619. The van der Waals surface area contributed by atoms with Crippen LogP contribution in [-0.4, -0.2) is 49.4 Å². The van der Waals surface area contributed by atoms with Gasteiger partial charge in [0.1, 0.15) is 6.23 Å². The molecule has 0 aromatic heterocycles. The van der Waals surface area contributed by atoms with Gasteiger partial charge in [-0.15, -0.1) is 0 Å². The first-order chi connectivity index (χ1) is 14.9. The molecule has 1 spiro atoms. The molecule has 32 heavy (non-hydrogen) atoms. The average molecular weight is 470 g/mol. The lowest BCUT2D eigenvalue weighted by Gasteiger charge is -2.42. The third-order valence-corrected chi connectivity index (χ3v) is 9.91. The largest absolute Gasteiger partial charge is 0.417 e. The summed E-state index contributed by atoms with van der Waals surface area (Å²) in [5.74, 6) is -1.94. The van der Waals surface area contributed by atoms with Crippen LogP contribution in [0.1, 0.15) is 37.8 Å². The van der Waals surface area contributed by atoms with E-state index in [1.54, 1.807) is 13.8 Å². The Morgan fingerprint density at radius 2 is 2.06 bits per heavy atom. The van der Waals surface area contributed by atoms with E-state index >= 15 is 0 Å². The van der Waals surface area contributed by atoms with E-state index in [-0.39, 0.29) is 24.5 Å². The number of amides is 1. The van der Waals surface area contributed by atoms with E-state index in [0.29, 0.717) is 6.42 Å². The number of nitriles is 1. The van der Waals surface area contributed by atoms with Gasteiger partial charge < -0.3 is 9.47 Å². The van der Waals surface area contributed by atoms with Gasteiger partial charge in [-0.2, -0.15) is 18.4 Å². The molecule has 11 heteroatoms. The maximum atomic E-state index is 13.6. The zero-order valence-corrected chi connectivity index (χ0v) is 18.2. The predicted octanol–water partition coefficient (Wildman–Crippen LogP) is 2.64. The number of alkyl halides is 3. The third kappa shape index (κ3) is 2.60. The van der Waals surface area contributed by atoms with Gasteiger partial charge in [0.15, 0.2) is 9.84 Å². The molecule has 172 valence electrons. The third-order valence-electron chi connectivity index (χ3n) is 7.60. The number of ether oxygens (including phenoxy) is 2. The van der Waals surface area contributed by atoms with Crippen LogP contribution in [0.3, 0.4) is 0 Å². The molecular weight excluding hydrogens is 449 g/mol. The summed E-state index contributed by atoms with van der Waals surface area (Å²) >= 11 is 0. The standard InChI is InChI=1S/C21H21F3N2O5S/c1-3-32(28,29)14-9-20-6-7-30-18-16(20)15(19(14,2)31-20)17(27)26(18)12-5-4-11(10-25)13(8-12)21(22,23)24/h4-5,8,14-16,18H,3,6-7,9H2,1-2H3/t14-,15+,16-,18-,19+,20?/m0/s1. The molecule has 4 heterocycles. The number of hydrogen-bond acceptors (Lipinski definition) is 6. The number of rotatable bonds is 3. The minimum atomic E-state index is -4.78. The molecule has 4 fully saturated rings. The Morgan fingerprint density at radius 1 is 1.34 bits per heavy atom. The summed E-state index contributed by atoms with van der Waals surface area (Å²) in [5.41, 5.74) is -3.87. The molecule has 4 aliphatic heterocycles. The average Bonchev–Trinajstić information content (AvgIpc) is 3.31. The maximum Gasteiger partial charge on any atom is 0.417 e. The molecule has 4 saturated heterocycles. The maximum absolute atomic E-state index is 13.6. The molecule has 0 aliphatic carbocycles. The number of hydrogen-bond donors (Lipinski definition) is 0. The van der Waals surface area contributed by atoms with Crippen LogP contribution in [-0.2, 0) is 30.3 Å². The summed E-state index contributed by atoms with van der Waals surface area (Å²) < 4.78 is 78.4. The monoisotopic (exact) mass is 470 g/mol. The molecule has 6 atom stereocenters. The van der Waals surface area contributed by atoms with Gasteiger partial charge in [0, 0.05) is 23.8 Å². The van der Waals surface area contributed by atoms with E-state index in [9.17, 15) is 26.4 Å². The normalized spacial score (nSPS) is 38.1. The zero-order valence-electron chi connectivity index (χ0n) is 17.3. The summed E-state index contributed by atoms with van der Waals surface area (Å²) in [6, 6.07) is 4.65. The van der Waals surface area contributed by atoms with Crippen LogP contribution in [0.5, 0.6) is 0 Å². The van der Waals surface area contributed by atoms with E-state index in [1.807, 2.05) is 0 Å². The first kappa shape index (κ1) is 21.7. The van der Waals surface area contributed by atoms with Gasteiger partial charge >= 0.3 is 6.18 Å². The second-order valence-electron chi connectivity index (χ2n) is 9.06. The Balaban J connectivity index is 1.62. The van der Waals surface area contributed by atoms with E-state index in [4.69, 9.17) is 14.7 Å². The van der Waals surface area contributed by atoms with Crippen LogP contribution in [0, 0.1) is 23.2 Å². The number of anilines is 1. The van der Waals surface area contributed by atoms with Crippen LogP contribution in [0.2, 0.25) is 0 Å². The number of fused-ring (bicyclic) bond motifs is 2. The fourth-order valence-corrected chi connectivity index (χ4v) is 8.12. The Bertz CT molecular complexity index is 1160. The summed E-state index contributed by atoms with van der Waals surface area (Å²) in [6.07, 6.45) is -4.98. The lowest BCUT2D eigenvalue weighted by atomic mass is 9.66. The van der Waals surface area contributed by atoms with E-state index in [1.165, 1.54) is 17.0 Å². The second-order valence-corrected chi connectivity index (χ2v) is 11.5. The number of carbonyl (C=O) groups excluding carboxylic acids is 1. The van der Waals surface area contributed by atoms with Gasteiger partial charge in [0.2, 0.25) is 5.91 Å². The molecular formula is C21H21F3N2O5S. The minimum Gasteiger partial charge on any atom is -0.366 e. The van der Waals surface area contributed by atoms with Gasteiger partial charge in [-0.05, 0) is 31.5 Å². The Labute approximate surface area is 183 Å². The zero-order chi connectivity index (χ0) is 23.3. The number of nitrogens with zero attached hydrogens (tertiary/aromatic N) is 2. The van der Waals surface area contributed by atoms with Crippen molar-refractivity contribution in [1.29, 1.82) is 5.26 Å². The molecule has 5 rings (SSSR count). The molecule has 1 aromatic rings. The van der Waals surface area contributed by atoms with Crippen LogP contribution in [0.15, 0.2) is 18.2 Å². The van der Waals surface area contributed by atoms with Crippen molar-refractivity contribution in [3.05, 3.63) is 29.3 Å². The number of benzene rings is 1. The molecule has 0 radical (unpaired) electrons. The van der Waals surface area contributed by atoms with Crippen molar-refractivity contribution in [2.75, 3.05) is 17.3 Å². The molecule has 4 aliphatic rings. The van der Waals surface area contributed by atoms with Crippen molar-refractivity contribution in [3.63, 3.8) is 0 Å². The lowest BCUT2D eigenvalue weighted by molar-refractivity contribution is -0.140. The first-order valence-electron chi connectivity index (χ1n) is 10.4. The van der Waals surface area contributed by atoms with Crippen LogP contribution in [0.25, 0.3) is 0 Å². The molecule has 1 amide bonds. The Kier molecular flexibility index (Phi) is 4.37. The van der Waals surface area contributed by atoms with Crippen molar-refractivity contribution in [2.45, 2.75) is 55.5 Å². The van der Waals surface area contributed by atoms with Crippen molar-refractivity contribution in [2.24, 2.45) is 11.8 Å². The Morgan fingerprint density at radius 3 is 2.69 bits per heavy atom. The number of halogens is 3. The van der Waals surface area contributed by atoms with Crippen molar-refractivity contribution in [3.8, 4) is 6.07 Å². The summed E-state index contributed by atoms with van der Waals surface area (Å²) in [7, 11) is -3.53. The summed E-state index contributed by atoms with van der Waals surface area (Å²) in [6.45, 7) is 3.36. The highest BCUT2D eigenvalue weighted by Crippen LogP contribution is 2.66. The first-order valence-corrected chi connectivity index (χ1v) is 12.1. The van der Waals surface area contributed by atoms with E-state index in [0.717, 1.165) is 12.1 Å². The number of carbonyl (C=O) groups is 1. The second kappa shape index (κ2) is 6.46. The quantitative estimate of drug-likeness (QED) is 0.674. The predicted molar refractivity (Wildman–Crippen MR) is 105 cm³/mol. The SMILES string of the molecule is CCS(=O)(=O)[C@H]1CC23CCO[C@H]4[C@@H]2[C@H](C(=O)N4c2ccc(C#N)c(C(F)(F)F)c2)[C@]1(C)O3. The highest BCUT2D eigenvalue weighted by atomic mass is 32.2. The highest BCUT2D eigenvalue weighted by Gasteiger charge is 2.79. The van der Waals surface area contributed by atoms with Gasteiger partial charge in [0.05, 0.1) is 46.2 Å². The van der Waals surface area contributed by atoms with Crippen LogP contribution in [0.4, 0.5) is 18.9 Å². The van der Waals surface area contributed by atoms with Crippen LogP contribution < -0.4 is 4.90 Å². The van der Waals surface area contributed by atoms with Crippen LogP contribution >= 0.6 is 0 Å². The topological polar surface area (TPSA) is 96.7 Å². The van der Waals surface area contributed by atoms with Gasteiger partial charge in [0.25, 0.3) is 0 Å². The summed E-state index contributed by atoms with van der Waals surface area (Å²) in [4.78, 5) is 14.8. The van der Waals surface area contributed by atoms with Gasteiger partial charge in [-0.1, -0.05) is 6.92 Å². The summed E-state index contributed by atoms with van der Waals surface area (Å²) in [5, 5.41) is 8.21. The van der Waals surface area contributed by atoms with E-state index < -0.39 is 67.6 Å².